The molecule has 0 fully saturated rings. The minimum atomic E-state index is -2.69. The molecule has 0 aromatic rings. The van der Waals surface area contributed by atoms with Gasteiger partial charge in [0.15, 0.2) is 0 Å². The lowest BCUT2D eigenvalue weighted by Gasteiger charge is -2.08. The van der Waals surface area contributed by atoms with Crippen molar-refractivity contribution < 1.29 is 9.42 Å². The van der Waals surface area contributed by atoms with Crippen LogP contribution in [-0.4, -0.2) is 11.5 Å². The van der Waals surface area contributed by atoms with Gasteiger partial charge in [0.1, 0.15) is 0 Å². The maximum absolute atomic E-state index is 8.99. The van der Waals surface area contributed by atoms with Crippen LogP contribution in [0.4, 0.5) is 0 Å². The first-order valence-corrected chi connectivity index (χ1v) is 8.09. The standard InChI is InChI=1S/C7H17O2PS2/c1-2-3-4-5-6-7-9-10(8,11)12/h2-7H2,1H3,(H2,8,11,12). The molecule has 2 nitrogen and oxygen atoms in total. The summed E-state index contributed by atoms with van der Waals surface area (Å²) in [6.07, 6.45) is 5.87. The Bertz CT molecular complexity index is 146. The van der Waals surface area contributed by atoms with Gasteiger partial charge in [-0.05, 0) is 18.2 Å². The second-order valence-corrected chi connectivity index (χ2v) is 7.90. The van der Waals surface area contributed by atoms with E-state index in [1.54, 1.807) is 0 Å². The molecule has 0 saturated carbocycles. The molecule has 0 spiro atoms. The first-order valence-electron chi connectivity index (χ1n) is 4.26. The van der Waals surface area contributed by atoms with Crippen molar-refractivity contribution in [3.05, 3.63) is 0 Å². The van der Waals surface area contributed by atoms with Gasteiger partial charge in [-0.2, -0.15) is 0 Å². The largest absolute Gasteiger partial charge is 0.338 e. The van der Waals surface area contributed by atoms with Gasteiger partial charge < -0.3 is 9.42 Å². The Hall–Kier alpha value is 0.920. The van der Waals surface area contributed by atoms with E-state index >= 15 is 0 Å². The molecule has 12 heavy (non-hydrogen) atoms. The Kier molecular flexibility index (Phi) is 7.90. The van der Waals surface area contributed by atoms with Crippen molar-refractivity contribution in [2.75, 3.05) is 6.61 Å². The number of hydrogen-bond acceptors (Lipinski definition) is 2. The van der Waals surface area contributed by atoms with Gasteiger partial charge in [0.25, 0.3) is 0 Å². The summed E-state index contributed by atoms with van der Waals surface area (Å²) in [6.45, 7) is 2.72. The summed E-state index contributed by atoms with van der Waals surface area (Å²) in [5, 5.41) is 0. The first-order chi connectivity index (χ1) is 5.56. The van der Waals surface area contributed by atoms with Crippen molar-refractivity contribution in [1.29, 1.82) is 0 Å². The first kappa shape index (κ1) is 12.9. The predicted molar refractivity (Wildman–Crippen MR) is 60.2 cm³/mol. The zero-order valence-corrected chi connectivity index (χ0v) is 10.0. The Balaban J connectivity index is 3.06. The zero-order valence-electron chi connectivity index (χ0n) is 7.40. The summed E-state index contributed by atoms with van der Waals surface area (Å²) in [5.41, 5.74) is -2.69. The third-order valence-corrected chi connectivity index (χ3v) is 2.69. The molecule has 74 valence electrons. The molecule has 5 heteroatoms. The van der Waals surface area contributed by atoms with E-state index in [-0.39, 0.29) is 0 Å². The highest BCUT2D eigenvalue weighted by molar-refractivity contribution is 8.59. The molecule has 0 rings (SSSR count). The molecular weight excluding hydrogens is 211 g/mol. The van der Waals surface area contributed by atoms with E-state index in [9.17, 15) is 0 Å². The van der Waals surface area contributed by atoms with Crippen molar-refractivity contribution in [3.8, 4) is 0 Å². The Morgan fingerprint density at radius 3 is 2.42 bits per heavy atom. The van der Waals surface area contributed by atoms with Crippen LogP contribution < -0.4 is 0 Å². The number of unbranched alkanes of at least 4 members (excludes halogenated alkanes) is 4. The zero-order chi connectivity index (χ0) is 9.45. The molecule has 1 unspecified atom stereocenters. The highest BCUT2D eigenvalue weighted by Gasteiger charge is 2.04. The number of thiol groups is 1. The third kappa shape index (κ3) is 10.9. The van der Waals surface area contributed by atoms with E-state index in [4.69, 9.17) is 9.42 Å². The second kappa shape index (κ2) is 7.34. The van der Waals surface area contributed by atoms with Crippen molar-refractivity contribution >= 4 is 29.7 Å². The van der Waals surface area contributed by atoms with Crippen LogP contribution >= 0.6 is 17.9 Å². The molecular formula is C7H17O2PS2. The lowest BCUT2D eigenvalue weighted by molar-refractivity contribution is 0.308. The van der Waals surface area contributed by atoms with Crippen LogP contribution in [0.25, 0.3) is 0 Å². The topological polar surface area (TPSA) is 29.5 Å². The van der Waals surface area contributed by atoms with Crippen LogP contribution in [0, 0.1) is 0 Å². The van der Waals surface area contributed by atoms with E-state index in [0.29, 0.717) is 6.61 Å². The van der Waals surface area contributed by atoms with Crippen molar-refractivity contribution in [2.45, 2.75) is 39.0 Å². The van der Waals surface area contributed by atoms with Gasteiger partial charge in [-0.15, -0.1) is 0 Å². The average molecular weight is 228 g/mol. The van der Waals surface area contributed by atoms with Crippen molar-refractivity contribution in [2.24, 2.45) is 0 Å². The van der Waals surface area contributed by atoms with Crippen LogP contribution in [0.1, 0.15) is 39.0 Å². The predicted octanol–water partition coefficient (Wildman–Crippen LogP) is 3.12. The maximum Gasteiger partial charge on any atom is 0.241 e. The van der Waals surface area contributed by atoms with E-state index in [1.165, 1.54) is 19.3 Å². The minimum Gasteiger partial charge on any atom is -0.338 e. The van der Waals surface area contributed by atoms with E-state index in [1.807, 2.05) is 0 Å². The van der Waals surface area contributed by atoms with Gasteiger partial charge in [0.05, 0.1) is 6.61 Å². The fourth-order valence-corrected chi connectivity index (χ4v) is 1.72. The molecule has 0 radical (unpaired) electrons. The molecule has 0 aromatic carbocycles. The molecule has 0 aliphatic rings. The SMILES string of the molecule is CCCCCCCOP(O)(=S)S. The third-order valence-electron chi connectivity index (χ3n) is 1.51. The summed E-state index contributed by atoms with van der Waals surface area (Å²) in [5.74, 6) is 0. The van der Waals surface area contributed by atoms with Crippen LogP contribution in [-0.2, 0) is 16.3 Å². The van der Waals surface area contributed by atoms with E-state index in [0.717, 1.165) is 12.8 Å². The van der Waals surface area contributed by atoms with Crippen molar-refractivity contribution in [1.82, 2.24) is 0 Å². The molecule has 0 bridgehead atoms. The molecule has 0 heterocycles. The Morgan fingerprint density at radius 1 is 1.33 bits per heavy atom. The summed E-state index contributed by atoms with van der Waals surface area (Å²) in [4.78, 5) is 8.99. The molecule has 1 atom stereocenters. The van der Waals surface area contributed by atoms with Gasteiger partial charge in [-0.1, -0.05) is 44.9 Å². The van der Waals surface area contributed by atoms with Crippen LogP contribution in [0.2, 0.25) is 0 Å². The molecule has 0 aliphatic carbocycles. The highest BCUT2D eigenvalue weighted by Crippen LogP contribution is 2.47. The lowest BCUT2D eigenvalue weighted by atomic mass is 10.2. The summed E-state index contributed by atoms with van der Waals surface area (Å²) in [7, 11) is 0. The molecule has 0 aliphatic heterocycles. The fraction of sp³-hybridized carbons (Fsp3) is 1.00. The van der Waals surface area contributed by atoms with Gasteiger partial charge in [-0.3, -0.25) is 0 Å². The second-order valence-electron chi connectivity index (χ2n) is 2.74. The normalized spacial score (nSPS) is 15.9. The molecule has 0 saturated heterocycles. The number of hydrogen-bond donors (Lipinski definition) is 2. The highest BCUT2D eigenvalue weighted by atomic mass is 32.9. The lowest BCUT2D eigenvalue weighted by Crippen LogP contribution is -1.89. The summed E-state index contributed by atoms with van der Waals surface area (Å²) >= 11 is 8.35. The quantitative estimate of drug-likeness (QED) is 0.398. The molecule has 1 N–H and O–H groups in total. The van der Waals surface area contributed by atoms with Gasteiger partial charge in [0, 0.05) is 0 Å². The van der Waals surface area contributed by atoms with Crippen molar-refractivity contribution in [3.63, 3.8) is 0 Å². The van der Waals surface area contributed by atoms with Gasteiger partial charge in [-0.25, -0.2) is 0 Å². The van der Waals surface area contributed by atoms with Crippen LogP contribution in [0.15, 0.2) is 0 Å². The molecule has 0 amide bonds. The summed E-state index contributed by atoms with van der Waals surface area (Å²) in [6, 6.07) is 0. The monoisotopic (exact) mass is 228 g/mol. The number of rotatable bonds is 7. The Morgan fingerprint density at radius 2 is 1.92 bits per heavy atom. The van der Waals surface area contributed by atoms with E-state index in [2.05, 4.69) is 31.0 Å². The smallest absolute Gasteiger partial charge is 0.241 e. The minimum absolute atomic E-state index is 0.543. The van der Waals surface area contributed by atoms with Gasteiger partial charge in [0.2, 0.25) is 5.69 Å². The fourth-order valence-electron chi connectivity index (χ4n) is 0.889. The van der Waals surface area contributed by atoms with Crippen LogP contribution in [0.5, 0.6) is 0 Å². The molecule has 0 aromatic heterocycles. The summed E-state index contributed by atoms with van der Waals surface area (Å²) < 4.78 is 4.96. The van der Waals surface area contributed by atoms with Gasteiger partial charge >= 0.3 is 0 Å². The van der Waals surface area contributed by atoms with E-state index < -0.39 is 5.69 Å². The van der Waals surface area contributed by atoms with Crippen LogP contribution in [0.3, 0.4) is 0 Å². The average Bonchev–Trinajstić information content (AvgIpc) is 1.94. The Labute approximate surface area is 85.0 Å². The maximum atomic E-state index is 8.99.